The Morgan fingerprint density at radius 3 is 2.30 bits per heavy atom. The Kier molecular flexibility index (Phi) is 4.53. The van der Waals surface area contributed by atoms with Gasteiger partial charge in [0, 0.05) is 18.8 Å². The average molecular weight is 328 g/mol. The standard InChI is InChI=1S/C17H24N4OSi/c1-17(2,3)23(5,6)22-15-9-7-13(8-10-15)19-16-11-14(12-18)20-21(16)4/h7-11,19H,1-6H3. The van der Waals surface area contributed by atoms with E-state index in [9.17, 15) is 0 Å². The van der Waals surface area contributed by atoms with Crippen LogP contribution in [0, 0.1) is 11.3 Å². The Balaban J connectivity index is 2.11. The van der Waals surface area contributed by atoms with Gasteiger partial charge in [-0.2, -0.15) is 10.4 Å². The van der Waals surface area contributed by atoms with Crippen molar-refractivity contribution in [2.75, 3.05) is 5.32 Å². The van der Waals surface area contributed by atoms with Crippen LogP contribution in [0.25, 0.3) is 0 Å². The molecule has 0 aliphatic carbocycles. The molecule has 5 nitrogen and oxygen atoms in total. The van der Waals surface area contributed by atoms with Crippen LogP contribution in [0.5, 0.6) is 5.75 Å². The number of rotatable bonds is 4. The van der Waals surface area contributed by atoms with Crippen LogP contribution in [0.2, 0.25) is 18.1 Å². The minimum atomic E-state index is -1.82. The van der Waals surface area contributed by atoms with Gasteiger partial charge in [-0.05, 0) is 42.4 Å². The Bertz CT molecular complexity index is 721. The third-order valence-electron chi connectivity index (χ3n) is 4.30. The number of hydrogen-bond donors (Lipinski definition) is 1. The van der Waals surface area contributed by atoms with Gasteiger partial charge in [0.05, 0.1) is 0 Å². The maximum atomic E-state index is 8.89. The lowest BCUT2D eigenvalue weighted by atomic mass is 10.2. The number of hydrogen-bond acceptors (Lipinski definition) is 4. The summed E-state index contributed by atoms with van der Waals surface area (Å²) in [6, 6.07) is 11.7. The van der Waals surface area contributed by atoms with E-state index in [0.29, 0.717) is 5.69 Å². The molecule has 6 heteroatoms. The number of anilines is 2. The SMILES string of the molecule is Cn1nc(C#N)cc1Nc1ccc(O[Si](C)(C)C(C)(C)C)cc1. The fourth-order valence-electron chi connectivity index (χ4n) is 1.84. The summed E-state index contributed by atoms with van der Waals surface area (Å²) in [6.45, 7) is 11.1. The van der Waals surface area contributed by atoms with Crippen LogP contribution in [-0.4, -0.2) is 18.1 Å². The van der Waals surface area contributed by atoms with Crippen molar-refractivity contribution in [3.05, 3.63) is 36.0 Å². The van der Waals surface area contributed by atoms with E-state index in [1.165, 1.54) is 0 Å². The second kappa shape index (κ2) is 6.09. The van der Waals surface area contributed by atoms with Crippen molar-refractivity contribution >= 4 is 19.8 Å². The van der Waals surface area contributed by atoms with Gasteiger partial charge in [0.15, 0.2) is 5.69 Å². The van der Waals surface area contributed by atoms with Crippen LogP contribution >= 0.6 is 0 Å². The van der Waals surface area contributed by atoms with Crippen molar-refractivity contribution in [1.82, 2.24) is 9.78 Å². The fourth-order valence-corrected chi connectivity index (χ4v) is 2.87. The van der Waals surface area contributed by atoms with Crippen LogP contribution < -0.4 is 9.74 Å². The highest BCUT2D eigenvalue weighted by molar-refractivity contribution is 6.74. The minimum absolute atomic E-state index is 0.173. The molecule has 0 atom stereocenters. The number of aryl methyl sites for hydroxylation is 1. The first-order valence-corrected chi connectivity index (χ1v) is 10.5. The van der Waals surface area contributed by atoms with Gasteiger partial charge in [0.2, 0.25) is 8.32 Å². The Hall–Kier alpha value is -2.26. The molecular formula is C17H24N4OSi. The summed E-state index contributed by atoms with van der Waals surface area (Å²) in [4.78, 5) is 0. The smallest absolute Gasteiger partial charge is 0.250 e. The summed E-state index contributed by atoms with van der Waals surface area (Å²) in [7, 11) is -0.0147. The molecular weight excluding hydrogens is 304 g/mol. The van der Waals surface area contributed by atoms with Gasteiger partial charge in [-0.3, -0.25) is 4.68 Å². The van der Waals surface area contributed by atoms with E-state index in [2.05, 4.69) is 44.3 Å². The molecule has 1 aromatic carbocycles. The molecule has 0 aliphatic heterocycles. The van der Waals surface area contributed by atoms with Crippen LogP contribution in [0.15, 0.2) is 30.3 Å². The van der Waals surface area contributed by atoms with Crippen molar-refractivity contribution in [1.29, 1.82) is 5.26 Å². The zero-order chi connectivity index (χ0) is 17.3. The van der Waals surface area contributed by atoms with Crippen molar-refractivity contribution in [3.63, 3.8) is 0 Å². The monoisotopic (exact) mass is 328 g/mol. The molecule has 0 amide bonds. The van der Waals surface area contributed by atoms with E-state index in [4.69, 9.17) is 9.69 Å². The molecule has 2 aromatic rings. The number of nitrogens with zero attached hydrogens (tertiary/aromatic N) is 3. The van der Waals surface area contributed by atoms with Gasteiger partial charge >= 0.3 is 0 Å². The van der Waals surface area contributed by atoms with Crippen molar-refractivity contribution in [2.24, 2.45) is 7.05 Å². The molecule has 23 heavy (non-hydrogen) atoms. The molecule has 1 N–H and O–H groups in total. The van der Waals surface area contributed by atoms with Gasteiger partial charge in [-0.15, -0.1) is 0 Å². The minimum Gasteiger partial charge on any atom is -0.544 e. The van der Waals surface area contributed by atoms with Crippen LogP contribution in [-0.2, 0) is 7.05 Å². The normalized spacial score (nSPS) is 11.9. The third kappa shape index (κ3) is 3.93. The molecule has 0 saturated heterocycles. The fraction of sp³-hybridized carbons (Fsp3) is 0.412. The van der Waals surface area contributed by atoms with Gasteiger partial charge in [0.25, 0.3) is 0 Å². The first-order valence-electron chi connectivity index (χ1n) is 7.62. The Labute approximate surface area is 139 Å². The molecule has 0 radical (unpaired) electrons. The number of nitriles is 1. The molecule has 122 valence electrons. The van der Waals surface area contributed by atoms with Crippen LogP contribution in [0.4, 0.5) is 11.5 Å². The zero-order valence-corrected chi connectivity index (χ0v) is 15.6. The summed E-state index contributed by atoms with van der Waals surface area (Å²) in [5, 5.41) is 16.4. The van der Waals surface area contributed by atoms with Crippen molar-refractivity contribution in [2.45, 2.75) is 38.9 Å². The summed E-state index contributed by atoms with van der Waals surface area (Å²) in [5.41, 5.74) is 1.33. The predicted octanol–water partition coefficient (Wildman–Crippen LogP) is 4.42. The quantitative estimate of drug-likeness (QED) is 0.844. The number of aromatic nitrogens is 2. The van der Waals surface area contributed by atoms with E-state index >= 15 is 0 Å². The topological polar surface area (TPSA) is 62.9 Å². The number of benzene rings is 1. The van der Waals surface area contributed by atoms with Crippen LogP contribution in [0.1, 0.15) is 26.5 Å². The van der Waals surface area contributed by atoms with Gasteiger partial charge in [0.1, 0.15) is 17.6 Å². The second-order valence-electron chi connectivity index (χ2n) is 7.16. The predicted molar refractivity (Wildman–Crippen MR) is 95.5 cm³/mol. The second-order valence-corrected chi connectivity index (χ2v) is 11.9. The highest BCUT2D eigenvalue weighted by atomic mass is 28.4. The Morgan fingerprint density at radius 1 is 1.22 bits per heavy atom. The van der Waals surface area contributed by atoms with Gasteiger partial charge < -0.3 is 9.74 Å². The zero-order valence-electron chi connectivity index (χ0n) is 14.6. The molecule has 2 rings (SSSR count). The molecule has 0 saturated carbocycles. The lowest BCUT2D eigenvalue weighted by Gasteiger charge is -2.36. The maximum Gasteiger partial charge on any atom is 0.250 e. The lowest BCUT2D eigenvalue weighted by Crippen LogP contribution is -2.43. The molecule has 0 fully saturated rings. The largest absolute Gasteiger partial charge is 0.544 e. The van der Waals surface area contributed by atoms with E-state index in [-0.39, 0.29) is 5.04 Å². The van der Waals surface area contributed by atoms with E-state index in [1.54, 1.807) is 17.8 Å². The summed E-state index contributed by atoms with van der Waals surface area (Å²) in [6.07, 6.45) is 0. The Morgan fingerprint density at radius 2 is 1.83 bits per heavy atom. The van der Waals surface area contributed by atoms with Crippen molar-refractivity contribution in [3.8, 4) is 11.8 Å². The molecule has 1 aromatic heterocycles. The summed E-state index contributed by atoms with van der Waals surface area (Å²) in [5.74, 6) is 1.67. The van der Waals surface area contributed by atoms with E-state index < -0.39 is 8.32 Å². The van der Waals surface area contributed by atoms with E-state index in [0.717, 1.165) is 17.3 Å². The van der Waals surface area contributed by atoms with E-state index in [1.807, 2.05) is 30.3 Å². The molecule has 0 bridgehead atoms. The number of nitrogens with one attached hydrogen (secondary N) is 1. The van der Waals surface area contributed by atoms with Gasteiger partial charge in [-0.1, -0.05) is 20.8 Å². The average Bonchev–Trinajstić information content (AvgIpc) is 2.80. The highest BCUT2D eigenvalue weighted by Gasteiger charge is 2.38. The lowest BCUT2D eigenvalue weighted by molar-refractivity contribution is 0.492. The third-order valence-corrected chi connectivity index (χ3v) is 8.66. The first-order chi connectivity index (χ1) is 10.6. The molecule has 1 heterocycles. The highest BCUT2D eigenvalue weighted by Crippen LogP contribution is 2.37. The van der Waals surface area contributed by atoms with Crippen LogP contribution in [0.3, 0.4) is 0 Å². The molecule has 0 spiro atoms. The van der Waals surface area contributed by atoms with Crippen molar-refractivity contribution < 1.29 is 4.43 Å². The molecule has 0 aliphatic rings. The molecule has 0 unspecified atom stereocenters. The maximum absolute atomic E-state index is 8.89. The van der Waals surface area contributed by atoms with Gasteiger partial charge in [-0.25, -0.2) is 0 Å². The summed E-state index contributed by atoms with van der Waals surface area (Å²) < 4.78 is 7.92. The first kappa shape index (κ1) is 17.1. The summed E-state index contributed by atoms with van der Waals surface area (Å²) >= 11 is 0.